The van der Waals surface area contributed by atoms with Crippen molar-refractivity contribution in [3.8, 4) is 0 Å². The Labute approximate surface area is 84.6 Å². The van der Waals surface area contributed by atoms with Crippen molar-refractivity contribution in [3.63, 3.8) is 0 Å². The van der Waals surface area contributed by atoms with E-state index in [9.17, 15) is 0 Å². The van der Waals surface area contributed by atoms with Crippen molar-refractivity contribution in [2.24, 2.45) is 0 Å². The Bertz CT molecular complexity index is 278. The molecular weight excluding hydrogens is 178 g/mol. The van der Waals surface area contributed by atoms with Crippen molar-refractivity contribution in [2.45, 2.75) is 6.54 Å². The number of likely N-dealkylation sites (N-methyl/N-ethyl adjacent to an activating group) is 1. The smallest absolute Gasteiger partial charge is 0.125 e. The SMILES string of the molecule is CNc1cc(CN(C)CCO)ccn1. The maximum absolute atomic E-state index is 8.75. The second-order valence-corrected chi connectivity index (χ2v) is 3.26. The highest BCUT2D eigenvalue weighted by Gasteiger charge is 2.00. The van der Waals surface area contributed by atoms with Crippen molar-refractivity contribution >= 4 is 5.82 Å². The van der Waals surface area contributed by atoms with Crippen LogP contribution in [0.25, 0.3) is 0 Å². The average molecular weight is 195 g/mol. The van der Waals surface area contributed by atoms with Gasteiger partial charge in [0.25, 0.3) is 0 Å². The molecule has 0 saturated carbocycles. The van der Waals surface area contributed by atoms with Crippen molar-refractivity contribution < 1.29 is 5.11 Å². The van der Waals surface area contributed by atoms with Crippen LogP contribution in [0.1, 0.15) is 5.56 Å². The van der Waals surface area contributed by atoms with Gasteiger partial charge in [-0.2, -0.15) is 0 Å². The third-order valence-corrected chi connectivity index (χ3v) is 2.01. The van der Waals surface area contributed by atoms with E-state index < -0.39 is 0 Å². The molecule has 0 radical (unpaired) electrons. The Morgan fingerprint density at radius 3 is 3.00 bits per heavy atom. The van der Waals surface area contributed by atoms with E-state index in [2.05, 4.69) is 15.2 Å². The van der Waals surface area contributed by atoms with Crippen LogP contribution < -0.4 is 5.32 Å². The summed E-state index contributed by atoms with van der Waals surface area (Å²) in [4.78, 5) is 6.20. The molecule has 0 atom stereocenters. The molecule has 0 unspecified atom stereocenters. The number of hydrogen-bond acceptors (Lipinski definition) is 4. The van der Waals surface area contributed by atoms with Gasteiger partial charge in [0.1, 0.15) is 5.82 Å². The van der Waals surface area contributed by atoms with Gasteiger partial charge in [0.2, 0.25) is 0 Å². The molecule has 78 valence electrons. The van der Waals surface area contributed by atoms with Crippen LogP contribution in [0.4, 0.5) is 5.82 Å². The normalized spacial score (nSPS) is 10.6. The molecule has 0 saturated heterocycles. The number of nitrogens with one attached hydrogen (secondary N) is 1. The van der Waals surface area contributed by atoms with Gasteiger partial charge in [-0.15, -0.1) is 0 Å². The molecule has 0 bridgehead atoms. The van der Waals surface area contributed by atoms with Gasteiger partial charge in [0.15, 0.2) is 0 Å². The molecule has 2 N–H and O–H groups in total. The summed E-state index contributed by atoms with van der Waals surface area (Å²) in [6.07, 6.45) is 1.79. The molecule has 14 heavy (non-hydrogen) atoms. The summed E-state index contributed by atoms with van der Waals surface area (Å²) in [5.74, 6) is 0.875. The number of aliphatic hydroxyl groups is 1. The van der Waals surface area contributed by atoms with Crippen LogP contribution in [0.2, 0.25) is 0 Å². The maximum atomic E-state index is 8.75. The molecule has 4 heteroatoms. The van der Waals surface area contributed by atoms with E-state index in [4.69, 9.17) is 5.11 Å². The first-order valence-corrected chi connectivity index (χ1v) is 4.68. The van der Waals surface area contributed by atoms with Gasteiger partial charge in [-0.1, -0.05) is 0 Å². The van der Waals surface area contributed by atoms with Gasteiger partial charge >= 0.3 is 0 Å². The standard InChI is InChI=1S/C10H17N3O/c1-11-10-7-9(3-4-12-10)8-13(2)5-6-14/h3-4,7,14H,5-6,8H2,1-2H3,(H,11,12). The van der Waals surface area contributed by atoms with Crippen molar-refractivity contribution in [1.82, 2.24) is 9.88 Å². The van der Waals surface area contributed by atoms with Crippen LogP contribution in [0, 0.1) is 0 Å². The number of aliphatic hydroxyl groups excluding tert-OH is 1. The van der Waals surface area contributed by atoms with Gasteiger partial charge in [-0.3, -0.25) is 4.90 Å². The molecule has 1 rings (SSSR count). The molecule has 1 heterocycles. The van der Waals surface area contributed by atoms with Crippen LogP contribution in [0.5, 0.6) is 0 Å². The first-order chi connectivity index (χ1) is 6.76. The number of aromatic nitrogens is 1. The van der Waals surface area contributed by atoms with Crippen LogP contribution >= 0.6 is 0 Å². The fourth-order valence-corrected chi connectivity index (χ4v) is 1.27. The third-order valence-electron chi connectivity index (χ3n) is 2.01. The lowest BCUT2D eigenvalue weighted by molar-refractivity contribution is 0.217. The summed E-state index contributed by atoms with van der Waals surface area (Å²) in [7, 11) is 3.83. The lowest BCUT2D eigenvalue weighted by Gasteiger charge is -2.15. The van der Waals surface area contributed by atoms with Gasteiger partial charge in [-0.05, 0) is 24.7 Å². The minimum absolute atomic E-state index is 0.195. The van der Waals surface area contributed by atoms with E-state index in [0.717, 1.165) is 12.4 Å². The van der Waals surface area contributed by atoms with Crippen LogP contribution in [0.3, 0.4) is 0 Å². The first-order valence-electron chi connectivity index (χ1n) is 4.68. The number of rotatable bonds is 5. The van der Waals surface area contributed by atoms with Crippen molar-refractivity contribution in [2.75, 3.05) is 32.6 Å². The van der Waals surface area contributed by atoms with Crippen LogP contribution in [0.15, 0.2) is 18.3 Å². The zero-order chi connectivity index (χ0) is 10.4. The average Bonchev–Trinajstić information content (AvgIpc) is 2.18. The number of hydrogen-bond donors (Lipinski definition) is 2. The number of nitrogens with zero attached hydrogens (tertiary/aromatic N) is 2. The van der Waals surface area contributed by atoms with E-state index in [1.165, 1.54) is 5.56 Å². The largest absolute Gasteiger partial charge is 0.395 e. The second kappa shape index (κ2) is 5.57. The van der Waals surface area contributed by atoms with Gasteiger partial charge in [-0.25, -0.2) is 4.98 Å². The molecule has 0 aliphatic rings. The second-order valence-electron chi connectivity index (χ2n) is 3.26. The minimum Gasteiger partial charge on any atom is -0.395 e. The fourth-order valence-electron chi connectivity index (χ4n) is 1.27. The van der Waals surface area contributed by atoms with Gasteiger partial charge in [0, 0.05) is 26.3 Å². The highest BCUT2D eigenvalue weighted by atomic mass is 16.3. The zero-order valence-corrected chi connectivity index (χ0v) is 8.70. The molecule has 0 spiro atoms. The predicted molar refractivity (Wildman–Crippen MR) is 57.2 cm³/mol. The molecular formula is C10H17N3O. The molecule has 0 fully saturated rings. The Balaban J connectivity index is 2.57. The summed E-state index contributed by atoms with van der Waals surface area (Å²) >= 11 is 0. The van der Waals surface area contributed by atoms with E-state index >= 15 is 0 Å². The maximum Gasteiger partial charge on any atom is 0.125 e. The van der Waals surface area contributed by atoms with Crippen molar-refractivity contribution in [1.29, 1.82) is 0 Å². The molecule has 0 amide bonds. The lowest BCUT2D eigenvalue weighted by Crippen LogP contribution is -2.21. The first kappa shape index (κ1) is 10.9. The number of anilines is 1. The third kappa shape index (κ3) is 3.32. The van der Waals surface area contributed by atoms with Gasteiger partial charge < -0.3 is 10.4 Å². The molecule has 0 aliphatic heterocycles. The Morgan fingerprint density at radius 1 is 1.57 bits per heavy atom. The van der Waals surface area contributed by atoms with E-state index in [0.29, 0.717) is 6.54 Å². The molecule has 1 aromatic rings. The summed E-state index contributed by atoms with van der Waals surface area (Å²) in [6.45, 7) is 1.72. The Kier molecular flexibility index (Phi) is 4.35. The molecule has 0 aliphatic carbocycles. The van der Waals surface area contributed by atoms with Crippen LogP contribution in [-0.2, 0) is 6.54 Å². The highest BCUT2D eigenvalue weighted by Crippen LogP contribution is 2.07. The van der Waals surface area contributed by atoms with Crippen molar-refractivity contribution in [3.05, 3.63) is 23.9 Å². The Hall–Kier alpha value is -1.13. The summed E-state index contributed by atoms with van der Waals surface area (Å²) in [5.41, 5.74) is 1.19. The van der Waals surface area contributed by atoms with E-state index in [-0.39, 0.29) is 6.61 Å². The van der Waals surface area contributed by atoms with Gasteiger partial charge in [0.05, 0.1) is 6.61 Å². The lowest BCUT2D eigenvalue weighted by atomic mass is 10.2. The summed E-state index contributed by atoms with van der Waals surface area (Å²) in [6, 6.07) is 3.99. The van der Waals surface area contributed by atoms with E-state index in [1.807, 2.05) is 26.2 Å². The fraction of sp³-hybridized carbons (Fsp3) is 0.500. The monoisotopic (exact) mass is 195 g/mol. The Morgan fingerprint density at radius 2 is 2.36 bits per heavy atom. The van der Waals surface area contributed by atoms with E-state index in [1.54, 1.807) is 6.20 Å². The quantitative estimate of drug-likeness (QED) is 0.720. The van der Waals surface area contributed by atoms with Crippen LogP contribution in [-0.4, -0.2) is 42.2 Å². The minimum atomic E-state index is 0.195. The summed E-state index contributed by atoms with van der Waals surface area (Å²) in [5, 5.41) is 11.7. The highest BCUT2D eigenvalue weighted by molar-refractivity contribution is 5.36. The molecule has 4 nitrogen and oxygen atoms in total. The summed E-state index contributed by atoms with van der Waals surface area (Å²) < 4.78 is 0. The zero-order valence-electron chi connectivity index (χ0n) is 8.70. The topological polar surface area (TPSA) is 48.4 Å². The predicted octanol–water partition coefficient (Wildman–Crippen LogP) is 0.547. The molecule has 1 aromatic heterocycles. The molecule has 0 aromatic carbocycles. The number of pyridine rings is 1.